The number of urea groups is 1. The van der Waals surface area contributed by atoms with Gasteiger partial charge in [0.15, 0.2) is 0 Å². The molecule has 0 saturated carbocycles. The summed E-state index contributed by atoms with van der Waals surface area (Å²) < 4.78 is 10.8. The maximum atomic E-state index is 10.7. The number of nitrogens with zero attached hydrogens (tertiary/aromatic N) is 1. The molecule has 2 N–H and O–H groups in total. The summed E-state index contributed by atoms with van der Waals surface area (Å²) in [4.78, 5) is 12.2. The highest BCUT2D eigenvalue weighted by atomic mass is 16.6. The van der Waals surface area contributed by atoms with Crippen LogP contribution in [0.5, 0.6) is 0 Å². The number of carbonyl (C=O) groups is 1. The molecule has 0 radical (unpaired) electrons. The zero-order valence-corrected chi connectivity index (χ0v) is 6.78. The summed E-state index contributed by atoms with van der Waals surface area (Å²) in [7, 11) is 0. The van der Waals surface area contributed by atoms with Crippen LogP contribution in [0.3, 0.4) is 0 Å². The van der Waals surface area contributed by atoms with Gasteiger partial charge < -0.3 is 20.1 Å². The van der Waals surface area contributed by atoms with Gasteiger partial charge in [-0.25, -0.2) is 4.79 Å². The minimum Gasteiger partial charge on any atom is -0.376 e. The molecule has 0 bridgehead atoms. The van der Waals surface area contributed by atoms with Crippen LogP contribution in [0.2, 0.25) is 0 Å². The van der Waals surface area contributed by atoms with E-state index in [1.807, 2.05) is 0 Å². The molecular weight excluding hydrogens is 160 g/mol. The molecule has 0 aromatic rings. The van der Waals surface area contributed by atoms with Crippen LogP contribution >= 0.6 is 0 Å². The zero-order valence-electron chi connectivity index (χ0n) is 6.78. The molecule has 0 unspecified atom stereocenters. The first-order valence-electron chi connectivity index (χ1n) is 3.98. The molecule has 2 aliphatic rings. The predicted molar refractivity (Wildman–Crippen MR) is 40.7 cm³/mol. The summed E-state index contributed by atoms with van der Waals surface area (Å²) in [6, 6.07) is -0.380. The number of hydrogen-bond donors (Lipinski definition) is 1. The van der Waals surface area contributed by atoms with Crippen LogP contribution in [0.1, 0.15) is 0 Å². The summed E-state index contributed by atoms with van der Waals surface area (Å²) in [6.45, 7) is 2.99. The average Bonchev–Trinajstić information content (AvgIpc) is 2.01. The van der Waals surface area contributed by atoms with Crippen molar-refractivity contribution in [3.8, 4) is 0 Å². The molecule has 2 saturated heterocycles. The van der Waals surface area contributed by atoms with Crippen molar-refractivity contribution in [3.63, 3.8) is 0 Å². The Kier molecular flexibility index (Phi) is 1.69. The molecule has 0 atom stereocenters. The fourth-order valence-electron chi connectivity index (χ4n) is 1.60. The van der Waals surface area contributed by atoms with Crippen molar-refractivity contribution < 1.29 is 14.3 Å². The second-order valence-corrected chi connectivity index (χ2v) is 3.28. The molecule has 2 fully saturated rings. The van der Waals surface area contributed by atoms with E-state index in [1.54, 1.807) is 4.90 Å². The van der Waals surface area contributed by atoms with Crippen molar-refractivity contribution in [1.29, 1.82) is 0 Å². The minimum atomic E-state index is -0.380. The van der Waals surface area contributed by atoms with Gasteiger partial charge in [0.2, 0.25) is 0 Å². The third-order valence-corrected chi connectivity index (χ3v) is 2.27. The van der Waals surface area contributed by atoms with E-state index < -0.39 is 0 Å². The Balaban J connectivity index is 1.88. The highest BCUT2D eigenvalue weighted by Gasteiger charge is 2.47. The molecule has 2 heterocycles. The number of likely N-dealkylation sites (tertiary alicyclic amines) is 1. The van der Waals surface area contributed by atoms with E-state index in [1.165, 1.54) is 0 Å². The maximum absolute atomic E-state index is 10.7. The largest absolute Gasteiger partial charge is 0.376 e. The average molecular weight is 172 g/mol. The van der Waals surface area contributed by atoms with Gasteiger partial charge in [-0.3, -0.25) is 0 Å². The normalized spacial score (nSPS) is 26.8. The van der Waals surface area contributed by atoms with E-state index in [4.69, 9.17) is 15.2 Å². The predicted octanol–water partition coefficient (Wildman–Crippen LogP) is -0.834. The van der Waals surface area contributed by atoms with Crippen LogP contribution in [0, 0.1) is 0 Å². The summed E-state index contributed by atoms with van der Waals surface area (Å²) in [5, 5.41) is 0. The first kappa shape index (κ1) is 7.82. The SMILES string of the molecule is NC(=O)N1CC2(COCCO2)C1. The van der Waals surface area contributed by atoms with Crippen LogP contribution in [0.25, 0.3) is 0 Å². The molecule has 0 aromatic heterocycles. The molecule has 2 amide bonds. The molecule has 2 aliphatic heterocycles. The van der Waals surface area contributed by atoms with Gasteiger partial charge in [-0.05, 0) is 0 Å². The quantitative estimate of drug-likeness (QED) is 0.518. The Morgan fingerprint density at radius 2 is 2.17 bits per heavy atom. The highest BCUT2D eigenvalue weighted by Crippen LogP contribution is 2.27. The topological polar surface area (TPSA) is 64.8 Å². The zero-order chi connectivity index (χ0) is 8.60. The molecular formula is C7H12N2O3. The van der Waals surface area contributed by atoms with Crippen LogP contribution < -0.4 is 5.73 Å². The van der Waals surface area contributed by atoms with Gasteiger partial charge >= 0.3 is 6.03 Å². The number of primary amides is 1. The van der Waals surface area contributed by atoms with Crippen molar-refractivity contribution in [2.45, 2.75) is 5.60 Å². The first-order valence-corrected chi connectivity index (χ1v) is 3.98. The van der Waals surface area contributed by atoms with Crippen molar-refractivity contribution in [1.82, 2.24) is 4.90 Å². The van der Waals surface area contributed by atoms with E-state index in [0.29, 0.717) is 32.9 Å². The van der Waals surface area contributed by atoms with Crippen molar-refractivity contribution >= 4 is 6.03 Å². The van der Waals surface area contributed by atoms with Crippen LogP contribution in [-0.2, 0) is 9.47 Å². The smallest absolute Gasteiger partial charge is 0.314 e. The lowest BCUT2D eigenvalue weighted by atomic mass is 9.95. The number of nitrogens with two attached hydrogens (primary N) is 1. The van der Waals surface area contributed by atoms with Gasteiger partial charge in [-0.15, -0.1) is 0 Å². The number of rotatable bonds is 0. The molecule has 0 aromatic carbocycles. The van der Waals surface area contributed by atoms with Gasteiger partial charge in [-0.1, -0.05) is 0 Å². The maximum Gasteiger partial charge on any atom is 0.314 e. The van der Waals surface area contributed by atoms with Crippen LogP contribution in [0.15, 0.2) is 0 Å². The molecule has 1 spiro atoms. The van der Waals surface area contributed by atoms with E-state index in [-0.39, 0.29) is 11.6 Å². The van der Waals surface area contributed by atoms with E-state index in [0.717, 1.165) is 0 Å². The monoisotopic (exact) mass is 172 g/mol. The number of amides is 2. The Morgan fingerprint density at radius 3 is 2.67 bits per heavy atom. The van der Waals surface area contributed by atoms with Crippen molar-refractivity contribution in [2.24, 2.45) is 5.73 Å². The third-order valence-electron chi connectivity index (χ3n) is 2.27. The summed E-state index contributed by atoms with van der Waals surface area (Å²) in [5.41, 5.74) is 4.84. The second-order valence-electron chi connectivity index (χ2n) is 3.28. The lowest BCUT2D eigenvalue weighted by Gasteiger charge is -2.50. The van der Waals surface area contributed by atoms with Crippen molar-refractivity contribution in [3.05, 3.63) is 0 Å². The number of ether oxygens (including phenoxy) is 2. The molecule has 68 valence electrons. The van der Waals surface area contributed by atoms with Crippen LogP contribution in [0.4, 0.5) is 4.79 Å². The summed E-state index contributed by atoms with van der Waals surface area (Å²) >= 11 is 0. The third kappa shape index (κ3) is 1.15. The van der Waals surface area contributed by atoms with E-state index >= 15 is 0 Å². The fraction of sp³-hybridized carbons (Fsp3) is 0.857. The second kappa shape index (κ2) is 2.60. The van der Waals surface area contributed by atoms with E-state index in [2.05, 4.69) is 0 Å². The Bertz CT molecular complexity index is 193. The molecule has 2 rings (SSSR count). The summed E-state index contributed by atoms with van der Waals surface area (Å²) in [5.74, 6) is 0. The molecule has 12 heavy (non-hydrogen) atoms. The lowest BCUT2D eigenvalue weighted by Crippen LogP contribution is -2.69. The van der Waals surface area contributed by atoms with Gasteiger partial charge in [-0.2, -0.15) is 0 Å². The highest BCUT2D eigenvalue weighted by molar-refractivity contribution is 5.73. The van der Waals surface area contributed by atoms with Crippen molar-refractivity contribution in [2.75, 3.05) is 32.9 Å². The van der Waals surface area contributed by atoms with Gasteiger partial charge in [0, 0.05) is 0 Å². The van der Waals surface area contributed by atoms with Gasteiger partial charge in [0.25, 0.3) is 0 Å². The van der Waals surface area contributed by atoms with E-state index in [9.17, 15) is 4.79 Å². The Hall–Kier alpha value is -0.810. The van der Waals surface area contributed by atoms with Crippen LogP contribution in [-0.4, -0.2) is 49.4 Å². The van der Waals surface area contributed by atoms with Gasteiger partial charge in [0.1, 0.15) is 5.60 Å². The first-order chi connectivity index (χ1) is 5.72. The minimum absolute atomic E-state index is 0.243. The van der Waals surface area contributed by atoms with Gasteiger partial charge in [0.05, 0.1) is 32.9 Å². The Labute approximate surface area is 70.4 Å². The fourth-order valence-corrected chi connectivity index (χ4v) is 1.60. The lowest BCUT2D eigenvalue weighted by molar-refractivity contribution is -0.205. The number of carbonyl (C=O) groups excluding carboxylic acids is 1. The molecule has 5 nitrogen and oxygen atoms in total. The summed E-state index contributed by atoms with van der Waals surface area (Å²) in [6.07, 6.45) is 0. The standard InChI is InChI=1S/C7H12N2O3/c8-6(10)9-3-7(4-9)5-11-1-2-12-7/h1-5H2,(H2,8,10). The molecule has 5 heteroatoms. The number of hydrogen-bond acceptors (Lipinski definition) is 3. The molecule has 0 aliphatic carbocycles. The Morgan fingerprint density at radius 1 is 1.42 bits per heavy atom.